The summed E-state index contributed by atoms with van der Waals surface area (Å²) in [6.45, 7) is 8.85. The number of aromatic hydroxyl groups is 1. The monoisotopic (exact) mass is 569 g/mol. The van der Waals surface area contributed by atoms with Gasteiger partial charge < -0.3 is 24.6 Å². The molecule has 13 nitrogen and oxygen atoms in total. The number of nitrogens with zero attached hydrogens (tertiary/aromatic N) is 9. The molecule has 0 spiro atoms. The molecule has 0 radical (unpaired) electrons. The van der Waals surface area contributed by atoms with Crippen molar-refractivity contribution in [3.05, 3.63) is 54.4 Å². The van der Waals surface area contributed by atoms with Crippen LogP contribution in [0.25, 0.3) is 28.0 Å². The van der Waals surface area contributed by atoms with Crippen LogP contribution in [0, 0.1) is 5.41 Å². The molecule has 1 aliphatic rings. The number of carbonyl (C=O) groups is 2. The molecule has 5 aromatic rings. The number of hydrogen-bond donors (Lipinski definition) is 2. The molecule has 3 aromatic heterocycles. The summed E-state index contributed by atoms with van der Waals surface area (Å²) in [7, 11) is 0. The van der Waals surface area contributed by atoms with Gasteiger partial charge in [-0.2, -0.15) is 14.6 Å². The molecule has 1 aliphatic heterocycles. The summed E-state index contributed by atoms with van der Waals surface area (Å²) in [6.07, 6.45) is 1.99. The summed E-state index contributed by atoms with van der Waals surface area (Å²) in [5, 5.41) is 27.7. The standard InChI is InChI=1S/C29H31N9O4/c1-29(2,3)15-20(40)16-37-17-30-24-25(37)31-28(36-13-11-35(12-14-36)18-7-9-19(39)10-8-18)32-26(24)38-22-6-4-5-21(27(41)42)23(22)33-34-38/h4-10,17,39H,11-16H2,1-3H3,(H,41,42). The van der Waals surface area contributed by atoms with Crippen molar-refractivity contribution in [3.63, 3.8) is 0 Å². The highest BCUT2D eigenvalue weighted by Gasteiger charge is 2.26. The van der Waals surface area contributed by atoms with Crippen molar-refractivity contribution in [3.8, 4) is 11.6 Å². The van der Waals surface area contributed by atoms with Gasteiger partial charge in [-0.05, 0) is 41.8 Å². The van der Waals surface area contributed by atoms with Crippen LogP contribution in [-0.2, 0) is 11.3 Å². The summed E-state index contributed by atoms with van der Waals surface area (Å²) in [4.78, 5) is 43.3. The Labute approximate surface area is 241 Å². The molecule has 0 unspecified atom stereocenters. The SMILES string of the molecule is CC(C)(C)CC(=O)Cn1cnc2c(-n3nnc4c(C(=O)O)cccc43)nc(N3CCN(c4ccc(O)cc4)CC3)nc21. The van der Waals surface area contributed by atoms with E-state index in [1.807, 2.05) is 32.9 Å². The van der Waals surface area contributed by atoms with Crippen molar-refractivity contribution >= 4 is 45.6 Å². The lowest BCUT2D eigenvalue weighted by Gasteiger charge is -2.36. The second-order valence-corrected chi connectivity index (χ2v) is 11.6. The van der Waals surface area contributed by atoms with Crippen LogP contribution < -0.4 is 9.80 Å². The number of piperazine rings is 1. The zero-order valence-electron chi connectivity index (χ0n) is 23.6. The van der Waals surface area contributed by atoms with E-state index in [9.17, 15) is 19.8 Å². The number of hydrogen-bond acceptors (Lipinski definition) is 10. The van der Waals surface area contributed by atoms with Crippen LogP contribution in [-0.4, -0.2) is 82.7 Å². The molecule has 0 amide bonds. The van der Waals surface area contributed by atoms with Gasteiger partial charge >= 0.3 is 5.97 Å². The average molecular weight is 570 g/mol. The van der Waals surface area contributed by atoms with Gasteiger partial charge in [-0.1, -0.05) is 32.1 Å². The minimum Gasteiger partial charge on any atom is -0.508 e. The fourth-order valence-corrected chi connectivity index (χ4v) is 5.26. The van der Waals surface area contributed by atoms with Crippen LogP contribution in [0.15, 0.2) is 48.8 Å². The Bertz CT molecular complexity index is 1800. The molecule has 1 saturated heterocycles. The Balaban J connectivity index is 1.41. The molecule has 1 fully saturated rings. The van der Waals surface area contributed by atoms with Gasteiger partial charge in [0.05, 0.1) is 24.0 Å². The first-order valence-electron chi connectivity index (χ1n) is 13.7. The Hall–Kier alpha value is -5.07. The molecule has 4 heterocycles. The van der Waals surface area contributed by atoms with E-state index in [0.29, 0.717) is 61.0 Å². The topological polar surface area (TPSA) is 155 Å². The molecule has 0 aliphatic carbocycles. The molecule has 2 N–H and O–H groups in total. The maximum absolute atomic E-state index is 12.9. The third kappa shape index (κ3) is 5.20. The predicted octanol–water partition coefficient (Wildman–Crippen LogP) is 3.30. The number of phenols is 1. The third-order valence-corrected chi connectivity index (χ3v) is 7.19. The van der Waals surface area contributed by atoms with Gasteiger partial charge in [0.15, 0.2) is 22.8 Å². The van der Waals surface area contributed by atoms with Crippen molar-refractivity contribution in [2.24, 2.45) is 5.41 Å². The van der Waals surface area contributed by atoms with E-state index in [2.05, 4.69) is 25.1 Å². The van der Waals surface area contributed by atoms with Crippen LogP contribution in [0.1, 0.15) is 37.6 Å². The Morgan fingerprint density at radius 2 is 1.64 bits per heavy atom. The van der Waals surface area contributed by atoms with E-state index < -0.39 is 5.97 Å². The van der Waals surface area contributed by atoms with Crippen molar-refractivity contribution < 1.29 is 19.8 Å². The van der Waals surface area contributed by atoms with Crippen LogP contribution in [0.4, 0.5) is 11.6 Å². The quantitative estimate of drug-likeness (QED) is 0.297. The first-order chi connectivity index (χ1) is 20.1. The number of carbonyl (C=O) groups excluding carboxylic acids is 1. The van der Waals surface area contributed by atoms with Crippen LogP contribution >= 0.6 is 0 Å². The third-order valence-electron chi connectivity index (χ3n) is 7.19. The number of imidazole rings is 1. The average Bonchev–Trinajstić information content (AvgIpc) is 3.56. The fourth-order valence-electron chi connectivity index (χ4n) is 5.26. The Morgan fingerprint density at radius 3 is 2.33 bits per heavy atom. The van der Waals surface area contributed by atoms with Gasteiger partial charge in [0.25, 0.3) is 0 Å². The zero-order valence-corrected chi connectivity index (χ0v) is 23.6. The van der Waals surface area contributed by atoms with Crippen LogP contribution in [0.3, 0.4) is 0 Å². The van der Waals surface area contributed by atoms with Crippen LogP contribution in [0.2, 0.25) is 0 Å². The maximum atomic E-state index is 12.9. The predicted molar refractivity (Wildman–Crippen MR) is 156 cm³/mol. The van der Waals surface area contributed by atoms with Gasteiger partial charge in [-0.15, -0.1) is 5.10 Å². The number of rotatable bonds is 7. The number of anilines is 2. The number of phenolic OH excluding ortho intramolecular Hbond substituents is 1. The first kappa shape index (κ1) is 27.1. The van der Waals surface area contributed by atoms with Crippen molar-refractivity contribution in [1.82, 2.24) is 34.5 Å². The molecule has 6 rings (SSSR count). The molecule has 0 saturated carbocycles. The normalized spacial score (nSPS) is 14.2. The van der Waals surface area contributed by atoms with Crippen LogP contribution in [0.5, 0.6) is 5.75 Å². The molecular weight excluding hydrogens is 538 g/mol. The molecule has 216 valence electrons. The number of ketones is 1. The molecule has 42 heavy (non-hydrogen) atoms. The summed E-state index contributed by atoms with van der Waals surface area (Å²) in [5.74, 6) is -0.0214. The Kier molecular flexibility index (Phi) is 6.71. The number of carboxylic acid groups (broad SMARTS) is 1. The molecular formula is C29H31N9O4. The van der Waals surface area contributed by atoms with Gasteiger partial charge in [-0.3, -0.25) is 4.79 Å². The lowest BCUT2D eigenvalue weighted by molar-refractivity contribution is -0.121. The van der Waals surface area contributed by atoms with E-state index in [1.165, 1.54) is 10.7 Å². The van der Waals surface area contributed by atoms with E-state index in [1.54, 1.807) is 35.2 Å². The maximum Gasteiger partial charge on any atom is 0.338 e. The highest BCUT2D eigenvalue weighted by atomic mass is 16.4. The second kappa shape index (κ2) is 10.4. The van der Waals surface area contributed by atoms with E-state index in [-0.39, 0.29) is 34.6 Å². The minimum absolute atomic E-state index is 0.0351. The van der Waals surface area contributed by atoms with Crippen molar-refractivity contribution in [2.75, 3.05) is 36.0 Å². The molecule has 0 bridgehead atoms. The van der Waals surface area contributed by atoms with E-state index >= 15 is 0 Å². The number of aromatic carboxylic acids is 1. The van der Waals surface area contributed by atoms with Gasteiger partial charge in [0.2, 0.25) is 5.95 Å². The number of carboxylic acids is 1. The van der Waals surface area contributed by atoms with E-state index in [4.69, 9.17) is 9.97 Å². The number of Topliss-reactive ketones (excluding diaryl/α,β-unsaturated/α-hetero) is 1. The minimum atomic E-state index is -1.10. The number of aromatic nitrogens is 7. The summed E-state index contributed by atoms with van der Waals surface area (Å²) < 4.78 is 3.21. The smallest absolute Gasteiger partial charge is 0.338 e. The highest BCUT2D eigenvalue weighted by Crippen LogP contribution is 2.28. The number of fused-ring (bicyclic) bond motifs is 2. The highest BCUT2D eigenvalue weighted by molar-refractivity contribution is 6.01. The summed E-state index contributed by atoms with van der Waals surface area (Å²) in [5.41, 5.74) is 2.51. The Morgan fingerprint density at radius 1 is 0.929 bits per heavy atom. The molecule has 0 atom stereocenters. The summed E-state index contributed by atoms with van der Waals surface area (Å²) >= 11 is 0. The largest absolute Gasteiger partial charge is 0.508 e. The van der Waals surface area contributed by atoms with Gasteiger partial charge in [0, 0.05) is 38.3 Å². The lowest BCUT2D eigenvalue weighted by Crippen LogP contribution is -2.47. The molecule has 13 heteroatoms. The number of benzene rings is 2. The van der Waals surface area contributed by atoms with Gasteiger partial charge in [0.1, 0.15) is 11.3 Å². The van der Waals surface area contributed by atoms with Crippen molar-refractivity contribution in [2.45, 2.75) is 33.7 Å². The fraction of sp³-hybridized carbons (Fsp3) is 0.345. The summed E-state index contributed by atoms with van der Waals surface area (Å²) in [6, 6.07) is 12.0. The lowest BCUT2D eigenvalue weighted by atomic mass is 9.90. The second-order valence-electron chi connectivity index (χ2n) is 11.6. The van der Waals surface area contributed by atoms with Gasteiger partial charge in [-0.25, -0.2) is 9.78 Å². The molecule has 2 aromatic carbocycles. The first-order valence-corrected chi connectivity index (χ1v) is 13.7. The van der Waals surface area contributed by atoms with E-state index in [0.717, 1.165) is 5.69 Å². The van der Waals surface area contributed by atoms with Crippen molar-refractivity contribution in [1.29, 1.82) is 0 Å². The zero-order chi connectivity index (χ0) is 29.6.